The summed E-state index contributed by atoms with van der Waals surface area (Å²) >= 11 is 10.9. The van der Waals surface area contributed by atoms with Gasteiger partial charge in [-0.2, -0.15) is 0 Å². The lowest BCUT2D eigenvalue weighted by atomic mass is 10.1. The molecule has 1 aromatic rings. The number of anilines is 1. The van der Waals surface area contributed by atoms with Gasteiger partial charge in [0.1, 0.15) is 4.99 Å². The molecule has 0 saturated heterocycles. The summed E-state index contributed by atoms with van der Waals surface area (Å²) in [5.74, 6) is 0.0593. The number of amides is 1. The van der Waals surface area contributed by atoms with E-state index < -0.39 is 0 Å². The second kappa shape index (κ2) is 4.52. The third kappa shape index (κ3) is 2.65. The fourth-order valence-electron chi connectivity index (χ4n) is 1.91. The van der Waals surface area contributed by atoms with Crippen LogP contribution in [-0.4, -0.2) is 10.9 Å². The van der Waals surface area contributed by atoms with Crippen molar-refractivity contribution in [3.05, 3.63) is 28.8 Å². The van der Waals surface area contributed by atoms with Gasteiger partial charge in [0.15, 0.2) is 0 Å². The molecule has 1 saturated carbocycles. The zero-order chi connectivity index (χ0) is 13.5. The van der Waals surface area contributed by atoms with Crippen LogP contribution in [0.4, 0.5) is 5.69 Å². The molecule has 0 spiro atoms. The summed E-state index contributed by atoms with van der Waals surface area (Å²) < 4.78 is 0. The van der Waals surface area contributed by atoms with Gasteiger partial charge in [0.05, 0.1) is 10.7 Å². The average Bonchev–Trinajstić information content (AvgIpc) is 2.90. The van der Waals surface area contributed by atoms with Crippen LogP contribution in [0.3, 0.4) is 0 Å². The predicted octanol–water partition coefficient (Wildman–Crippen LogP) is 2.96. The first-order valence-electron chi connectivity index (χ1n) is 5.71. The van der Waals surface area contributed by atoms with Gasteiger partial charge in [-0.3, -0.25) is 4.79 Å². The minimum atomic E-state index is 0.00184. The molecule has 1 amide bonds. The van der Waals surface area contributed by atoms with Crippen molar-refractivity contribution in [3.63, 3.8) is 0 Å². The van der Waals surface area contributed by atoms with Gasteiger partial charge < -0.3 is 11.1 Å². The molecule has 0 bridgehead atoms. The Morgan fingerprint density at radius 2 is 2.17 bits per heavy atom. The second-order valence-corrected chi connectivity index (χ2v) is 6.14. The Kier molecular flexibility index (Phi) is 3.34. The summed E-state index contributed by atoms with van der Waals surface area (Å²) in [6.07, 6.45) is 0.908. The first kappa shape index (κ1) is 13.3. The predicted molar refractivity (Wildman–Crippen MR) is 77.9 cm³/mol. The normalized spacial score (nSPS) is 20.3. The van der Waals surface area contributed by atoms with E-state index in [1.807, 2.05) is 0 Å². The standard InChI is InChI=1S/C13H15ClN2OS/c1-13(2)6-8(13)12(17)16-10-5-7(11(15)18)3-4-9(10)14/h3-5,8H,6H2,1-2H3,(H2,15,18)(H,16,17). The van der Waals surface area contributed by atoms with Crippen molar-refractivity contribution in [2.75, 3.05) is 5.32 Å². The average molecular weight is 283 g/mol. The van der Waals surface area contributed by atoms with Gasteiger partial charge in [-0.1, -0.05) is 43.7 Å². The molecule has 18 heavy (non-hydrogen) atoms. The van der Waals surface area contributed by atoms with Crippen LogP contribution in [0.5, 0.6) is 0 Å². The molecule has 1 fully saturated rings. The van der Waals surface area contributed by atoms with Crippen molar-refractivity contribution in [3.8, 4) is 0 Å². The van der Waals surface area contributed by atoms with Gasteiger partial charge in [0.25, 0.3) is 0 Å². The molecular formula is C13H15ClN2OS. The molecule has 1 aliphatic rings. The van der Waals surface area contributed by atoms with E-state index in [9.17, 15) is 4.79 Å². The molecule has 1 aromatic carbocycles. The van der Waals surface area contributed by atoms with Crippen molar-refractivity contribution in [2.45, 2.75) is 20.3 Å². The third-order valence-electron chi connectivity index (χ3n) is 3.34. The maximum absolute atomic E-state index is 12.0. The van der Waals surface area contributed by atoms with Gasteiger partial charge >= 0.3 is 0 Å². The largest absolute Gasteiger partial charge is 0.389 e. The van der Waals surface area contributed by atoms with Crippen LogP contribution < -0.4 is 11.1 Å². The van der Waals surface area contributed by atoms with Crippen LogP contribution in [0.15, 0.2) is 18.2 Å². The summed E-state index contributed by atoms with van der Waals surface area (Å²) in [6.45, 7) is 4.15. The molecule has 2 rings (SSSR count). The van der Waals surface area contributed by atoms with E-state index >= 15 is 0 Å². The summed E-state index contributed by atoms with van der Waals surface area (Å²) in [5, 5.41) is 3.32. The maximum Gasteiger partial charge on any atom is 0.228 e. The lowest BCUT2D eigenvalue weighted by Crippen LogP contribution is -2.17. The Morgan fingerprint density at radius 1 is 1.56 bits per heavy atom. The molecule has 0 aliphatic heterocycles. The maximum atomic E-state index is 12.0. The first-order valence-corrected chi connectivity index (χ1v) is 6.50. The lowest BCUT2D eigenvalue weighted by molar-refractivity contribution is -0.117. The number of hydrogen-bond donors (Lipinski definition) is 2. The third-order valence-corrected chi connectivity index (χ3v) is 3.90. The van der Waals surface area contributed by atoms with Crippen molar-refractivity contribution < 1.29 is 4.79 Å². The number of halogens is 1. The molecular weight excluding hydrogens is 268 g/mol. The van der Waals surface area contributed by atoms with Crippen molar-refractivity contribution >= 4 is 40.4 Å². The van der Waals surface area contributed by atoms with E-state index in [-0.39, 0.29) is 22.2 Å². The Morgan fingerprint density at radius 3 is 2.67 bits per heavy atom. The SMILES string of the molecule is CC1(C)CC1C(=O)Nc1cc(C(N)=S)ccc1Cl. The highest BCUT2D eigenvalue weighted by Crippen LogP contribution is 2.52. The minimum Gasteiger partial charge on any atom is -0.389 e. The second-order valence-electron chi connectivity index (χ2n) is 5.29. The number of thiocarbonyl (C=S) groups is 1. The topological polar surface area (TPSA) is 55.1 Å². The number of carbonyl (C=O) groups excluding carboxylic acids is 1. The van der Waals surface area contributed by atoms with Gasteiger partial charge in [-0.15, -0.1) is 0 Å². The van der Waals surface area contributed by atoms with E-state index in [1.54, 1.807) is 18.2 Å². The number of rotatable bonds is 3. The molecule has 1 unspecified atom stereocenters. The van der Waals surface area contributed by atoms with E-state index in [1.165, 1.54) is 0 Å². The highest BCUT2D eigenvalue weighted by molar-refractivity contribution is 7.80. The molecule has 3 N–H and O–H groups in total. The Bertz CT molecular complexity index is 528. The van der Waals surface area contributed by atoms with Gasteiger partial charge in [0.2, 0.25) is 5.91 Å². The van der Waals surface area contributed by atoms with Crippen LogP contribution >= 0.6 is 23.8 Å². The zero-order valence-corrected chi connectivity index (χ0v) is 11.9. The highest BCUT2D eigenvalue weighted by Gasteiger charge is 2.50. The van der Waals surface area contributed by atoms with Crippen molar-refractivity contribution in [2.24, 2.45) is 17.1 Å². The molecule has 0 heterocycles. The molecule has 0 aromatic heterocycles. The summed E-state index contributed by atoms with van der Waals surface area (Å²) in [5.41, 5.74) is 6.91. The Labute approximate surface area is 117 Å². The van der Waals surface area contributed by atoms with Crippen molar-refractivity contribution in [1.82, 2.24) is 0 Å². The number of nitrogens with two attached hydrogens (primary N) is 1. The number of nitrogens with one attached hydrogen (secondary N) is 1. The summed E-state index contributed by atoms with van der Waals surface area (Å²) in [4.78, 5) is 12.3. The lowest BCUT2D eigenvalue weighted by Gasteiger charge is -2.10. The van der Waals surface area contributed by atoms with Crippen LogP contribution in [0, 0.1) is 11.3 Å². The fourth-order valence-corrected chi connectivity index (χ4v) is 2.20. The van der Waals surface area contributed by atoms with Gasteiger partial charge in [-0.05, 0) is 24.0 Å². The van der Waals surface area contributed by atoms with Crippen LogP contribution in [0.1, 0.15) is 25.8 Å². The Balaban J connectivity index is 2.16. The Hall–Kier alpha value is -1.13. The quantitative estimate of drug-likeness (QED) is 0.838. The van der Waals surface area contributed by atoms with E-state index in [0.717, 1.165) is 6.42 Å². The summed E-state index contributed by atoms with van der Waals surface area (Å²) in [6, 6.07) is 5.13. The smallest absolute Gasteiger partial charge is 0.228 e. The number of carbonyl (C=O) groups is 1. The van der Waals surface area contributed by atoms with Crippen LogP contribution in [0.2, 0.25) is 5.02 Å². The molecule has 1 aliphatic carbocycles. The van der Waals surface area contributed by atoms with E-state index in [2.05, 4.69) is 19.2 Å². The molecule has 1 atom stereocenters. The zero-order valence-electron chi connectivity index (χ0n) is 10.3. The van der Waals surface area contributed by atoms with Crippen LogP contribution in [-0.2, 0) is 4.79 Å². The van der Waals surface area contributed by atoms with E-state index in [4.69, 9.17) is 29.6 Å². The number of benzene rings is 1. The highest BCUT2D eigenvalue weighted by atomic mass is 35.5. The molecule has 5 heteroatoms. The van der Waals surface area contributed by atoms with Gasteiger partial charge in [-0.25, -0.2) is 0 Å². The molecule has 0 radical (unpaired) electrons. The molecule has 96 valence electrons. The molecule has 3 nitrogen and oxygen atoms in total. The fraction of sp³-hybridized carbons (Fsp3) is 0.385. The van der Waals surface area contributed by atoms with E-state index in [0.29, 0.717) is 16.3 Å². The summed E-state index contributed by atoms with van der Waals surface area (Å²) in [7, 11) is 0. The first-order chi connectivity index (χ1) is 8.31. The monoisotopic (exact) mass is 282 g/mol. The minimum absolute atomic E-state index is 0.00184. The van der Waals surface area contributed by atoms with Crippen molar-refractivity contribution in [1.29, 1.82) is 0 Å². The van der Waals surface area contributed by atoms with Crippen LogP contribution in [0.25, 0.3) is 0 Å². The van der Waals surface area contributed by atoms with Gasteiger partial charge in [0, 0.05) is 11.5 Å². The number of hydrogen-bond acceptors (Lipinski definition) is 2.